The van der Waals surface area contributed by atoms with Gasteiger partial charge in [0, 0.05) is 38.0 Å². The summed E-state index contributed by atoms with van der Waals surface area (Å²) in [6.45, 7) is 2.08. The van der Waals surface area contributed by atoms with E-state index < -0.39 is 4.92 Å². The Balaban J connectivity index is 1.56. The fourth-order valence-corrected chi connectivity index (χ4v) is 4.17. The molecule has 8 heteroatoms. The fourth-order valence-electron chi connectivity index (χ4n) is 4.17. The predicted octanol–water partition coefficient (Wildman–Crippen LogP) is 2.93. The van der Waals surface area contributed by atoms with Crippen LogP contribution >= 0.6 is 0 Å². The average Bonchev–Trinajstić information content (AvgIpc) is 2.96. The van der Waals surface area contributed by atoms with Gasteiger partial charge in [-0.15, -0.1) is 10.2 Å². The minimum Gasteiger partial charge on any atom is -0.338 e. The third-order valence-electron chi connectivity index (χ3n) is 5.54. The molecule has 142 valence electrons. The highest BCUT2D eigenvalue weighted by atomic mass is 16.6. The molecule has 1 unspecified atom stereocenters. The Bertz CT molecular complexity index is 863. The van der Waals surface area contributed by atoms with Gasteiger partial charge in [0.05, 0.1) is 4.92 Å². The molecule has 2 aromatic rings. The lowest BCUT2D eigenvalue weighted by Gasteiger charge is -2.32. The summed E-state index contributed by atoms with van der Waals surface area (Å²) >= 11 is 0. The fraction of sp³-hybridized carbons (Fsp3) is 0.526. The van der Waals surface area contributed by atoms with Crippen LogP contribution in [0.1, 0.15) is 60.0 Å². The van der Waals surface area contributed by atoms with Crippen LogP contribution in [-0.4, -0.2) is 43.6 Å². The first-order valence-electron chi connectivity index (χ1n) is 9.60. The van der Waals surface area contributed by atoms with Gasteiger partial charge in [-0.1, -0.05) is 18.6 Å². The molecule has 2 aliphatic heterocycles. The van der Waals surface area contributed by atoms with Crippen molar-refractivity contribution in [3.63, 3.8) is 0 Å². The molecule has 3 heterocycles. The number of fused-ring (bicyclic) bond motifs is 1. The summed E-state index contributed by atoms with van der Waals surface area (Å²) in [6.07, 6.45) is 6.25. The maximum atomic E-state index is 13.0. The Morgan fingerprint density at radius 3 is 2.81 bits per heavy atom. The summed E-state index contributed by atoms with van der Waals surface area (Å²) in [7, 11) is 0. The van der Waals surface area contributed by atoms with Crippen molar-refractivity contribution in [2.45, 2.75) is 51.0 Å². The van der Waals surface area contributed by atoms with Gasteiger partial charge in [0.2, 0.25) is 0 Å². The first kappa shape index (κ1) is 17.6. The van der Waals surface area contributed by atoms with Gasteiger partial charge in [-0.3, -0.25) is 14.9 Å². The Kier molecular flexibility index (Phi) is 4.87. The van der Waals surface area contributed by atoms with E-state index in [4.69, 9.17) is 0 Å². The summed E-state index contributed by atoms with van der Waals surface area (Å²) in [4.78, 5) is 25.5. The smallest absolute Gasteiger partial charge is 0.282 e. The van der Waals surface area contributed by atoms with Crippen LogP contribution in [0.25, 0.3) is 0 Å². The van der Waals surface area contributed by atoms with E-state index in [0.717, 1.165) is 50.3 Å². The number of carbonyl (C=O) groups excluding carboxylic acids is 1. The summed E-state index contributed by atoms with van der Waals surface area (Å²) < 4.78 is 2.23. The monoisotopic (exact) mass is 369 g/mol. The van der Waals surface area contributed by atoms with Crippen LogP contribution in [0, 0.1) is 10.1 Å². The van der Waals surface area contributed by atoms with E-state index in [2.05, 4.69) is 14.8 Å². The molecule has 0 N–H and O–H groups in total. The van der Waals surface area contributed by atoms with Gasteiger partial charge in [0.1, 0.15) is 17.2 Å². The summed E-state index contributed by atoms with van der Waals surface area (Å²) in [5.41, 5.74) is 0.0178. The Labute approximate surface area is 157 Å². The molecule has 8 nitrogen and oxygen atoms in total. The largest absolute Gasteiger partial charge is 0.338 e. The van der Waals surface area contributed by atoms with Crippen molar-refractivity contribution in [3.05, 3.63) is 51.6 Å². The van der Waals surface area contributed by atoms with E-state index in [1.54, 1.807) is 17.0 Å². The number of piperidine rings is 1. The molecule has 0 radical (unpaired) electrons. The lowest BCUT2D eigenvalue weighted by molar-refractivity contribution is -0.385. The summed E-state index contributed by atoms with van der Waals surface area (Å²) in [5.74, 6) is 1.86. The molecule has 0 saturated carbocycles. The topological polar surface area (TPSA) is 94.2 Å². The number of nitro benzene ring substituents is 1. The molecule has 0 bridgehead atoms. The van der Waals surface area contributed by atoms with E-state index in [0.29, 0.717) is 13.1 Å². The van der Waals surface area contributed by atoms with Crippen molar-refractivity contribution in [2.24, 2.45) is 0 Å². The zero-order valence-electron chi connectivity index (χ0n) is 15.2. The van der Waals surface area contributed by atoms with E-state index in [-0.39, 0.29) is 23.1 Å². The number of nitro groups is 1. The van der Waals surface area contributed by atoms with Gasteiger partial charge in [0.15, 0.2) is 0 Å². The Morgan fingerprint density at radius 2 is 1.96 bits per heavy atom. The number of nitrogens with zero attached hydrogens (tertiary/aromatic N) is 5. The van der Waals surface area contributed by atoms with Crippen molar-refractivity contribution in [1.29, 1.82) is 0 Å². The number of carbonyl (C=O) groups is 1. The molecular formula is C19H23N5O3. The zero-order chi connectivity index (χ0) is 18.8. The third-order valence-corrected chi connectivity index (χ3v) is 5.54. The number of hydrogen-bond acceptors (Lipinski definition) is 5. The van der Waals surface area contributed by atoms with E-state index in [1.807, 2.05) is 0 Å². The van der Waals surface area contributed by atoms with Crippen LogP contribution in [0.15, 0.2) is 24.3 Å². The molecule has 1 amide bonds. The van der Waals surface area contributed by atoms with Crippen molar-refractivity contribution in [3.8, 4) is 0 Å². The van der Waals surface area contributed by atoms with Crippen molar-refractivity contribution in [2.75, 3.05) is 13.1 Å². The van der Waals surface area contributed by atoms with Crippen LogP contribution < -0.4 is 0 Å². The minimum absolute atomic E-state index is 0.129. The Hall–Kier alpha value is -2.77. The number of amides is 1. The Morgan fingerprint density at radius 1 is 1.11 bits per heavy atom. The standard InChI is InChI=1S/C19H23N5O3/c25-19(15-8-3-4-9-16(15)24(26)27)22-11-6-7-14(13-22)18-21-20-17-10-2-1-5-12-23(17)18/h3-4,8-9,14H,1-2,5-7,10-13H2. The van der Waals surface area contributed by atoms with Gasteiger partial charge in [-0.25, -0.2) is 0 Å². The van der Waals surface area contributed by atoms with Crippen LogP contribution in [0.5, 0.6) is 0 Å². The summed E-state index contributed by atoms with van der Waals surface area (Å²) in [5, 5.41) is 20.1. The molecule has 0 aliphatic carbocycles. The lowest BCUT2D eigenvalue weighted by Crippen LogP contribution is -2.40. The summed E-state index contributed by atoms with van der Waals surface area (Å²) in [6, 6.07) is 6.17. The second-order valence-corrected chi connectivity index (χ2v) is 7.30. The number of aromatic nitrogens is 3. The highest BCUT2D eigenvalue weighted by Gasteiger charge is 2.32. The first-order chi connectivity index (χ1) is 13.1. The van der Waals surface area contributed by atoms with Gasteiger partial charge >= 0.3 is 0 Å². The minimum atomic E-state index is -0.493. The average molecular weight is 369 g/mol. The molecule has 1 fully saturated rings. The number of para-hydroxylation sites is 1. The first-order valence-corrected chi connectivity index (χ1v) is 9.60. The van der Waals surface area contributed by atoms with Crippen LogP contribution in [-0.2, 0) is 13.0 Å². The second kappa shape index (κ2) is 7.46. The van der Waals surface area contributed by atoms with Gasteiger partial charge in [-0.2, -0.15) is 0 Å². The molecule has 1 atom stereocenters. The van der Waals surface area contributed by atoms with Crippen LogP contribution in [0.4, 0.5) is 5.69 Å². The van der Waals surface area contributed by atoms with E-state index in [9.17, 15) is 14.9 Å². The van der Waals surface area contributed by atoms with Crippen molar-refractivity contribution < 1.29 is 9.72 Å². The zero-order valence-corrected chi connectivity index (χ0v) is 15.2. The molecule has 2 aliphatic rings. The molecule has 1 saturated heterocycles. The van der Waals surface area contributed by atoms with Crippen molar-refractivity contribution >= 4 is 11.6 Å². The lowest BCUT2D eigenvalue weighted by atomic mass is 9.96. The number of likely N-dealkylation sites (tertiary alicyclic amines) is 1. The van der Waals surface area contributed by atoms with E-state index in [1.165, 1.54) is 18.6 Å². The van der Waals surface area contributed by atoms with E-state index >= 15 is 0 Å². The van der Waals surface area contributed by atoms with Gasteiger partial charge < -0.3 is 9.47 Å². The highest BCUT2D eigenvalue weighted by molar-refractivity contribution is 5.98. The molecule has 1 aromatic heterocycles. The maximum Gasteiger partial charge on any atom is 0.282 e. The quantitative estimate of drug-likeness (QED) is 0.612. The van der Waals surface area contributed by atoms with Gasteiger partial charge in [-0.05, 0) is 31.7 Å². The molecule has 27 heavy (non-hydrogen) atoms. The molecule has 1 aromatic carbocycles. The second-order valence-electron chi connectivity index (χ2n) is 7.30. The molecule has 4 rings (SSSR count). The number of rotatable bonds is 3. The highest BCUT2D eigenvalue weighted by Crippen LogP contribution is 2.30. The van der Waals surface area contributed by atoms with Crippen molar-refractivity contribution in [1.82, 2.24) is 19.7 Å². The maximum absolute atomic E-state index is 13.0. The molecular weight excluding hydrogens is 346 g/mol. The van der Waals surface area contributed by atoms with Gasteiger partial charge in [0.25, 0.3) is 11.6 Å². The number of benzene rings is 1. The third kappa shape index (κ3) is 3.43. The molecule has 0 spiro atoms. The number of hydrogen-bond donors (Lipinski definition) is 0. The normalized spacial score (nSPS) is 20.0. The SMILES string of the molecule is O=C(c1ccccc1[N+](=O)[O-])N1CCCC(c2nnc3n2CCCCC3)C1. The van der Waals surface area contributed by atoms with Crippen LogP contribution in [0.2, 0.25) is 0 Å². The predicted molar refractivity (Wildman–Crippen MR) is 98.6 cm³/mol. The number of aryl methyl sites for hydroxylation is 1. The van der Waals surface area contributed by atoms with Crippen LogP contribution in [0.3, 0.4) is 0 Å².